The zero-order valence-corrected chi connectivity index (χ0v) is 14.3. The van der Waals surface area contributed by atoms with E-state index in [9.17, 15) is 23.7 Å². The lowest BCUT2D eigenvalue weighted by atomic mass is 10.2. The second kappa shape index (κ2) is 7.98. The number of nitrogens with zero attached hydrogens (tertiary/aromatic N) is 3. The van der Waals surface area contributed by atoms with Crippen molar-refractivity contribution in [2.75, 3.05) is 37.7 Å². The largest absolute Gasteiger partial charge is 0.481 e. The molecule has 2 aromatic carbocycles. The minimum Gasteiger partial charge on any atom is -0.481 e. The summed E-state index contributed by atoms with van der Waals surface area (Å²) >= 11 is 0. The highest BCUT2D eigenvalue weighted by molar-refractivity contribution is 5.78. The summed E-state index contributed by atoms with van der Waals surface area (Å²) < 4.78 is 31.5. The molecule has 0 unspecified atom stereocenters. The van der Waals surface area contributed by atoms with Crippen LogP contribution in [0.4, 0.5) is 20.2 Å². The molecule has 0 aliphatic carbocycles. The van der Waals surface area contributed by atoms with E-state index in [-0.39, 0.29) is 24.0 Å². The van der Waals surface area contributed by atoms with Gasteiger partial charge in [0.15, 0.2) is 18.2 Å². The number of non-ortho nitro benzene ring substituents is 1. The van der Waals surface area contributed by atoms with Crippen LogP contribution in [0.5, 0.6) is 5.75 Å². The van der Waals surface area contributed by atoms with Crippen molar-refractivity contribution in [2.24, 2.45) is 0 Å². The number of rotatable bonds is 5. The molecule has 1 aliphatic heterocycles. The third kappa shape index (κ3) is 4.49. The van der Waals surface area contributed by atoms with Gasteiger partial charge in [-0.15, -0.1) is 0 Å². The van der Waals surface area contributed by atoms with Crippen molar-refractivity contribution in [3.8, 4) is 5.75 Å². The van der Waals surface area contributed by atoms with Crippen molar-refractivity contribution in [1.82, 2.24) is 4.90 Å². The summed E-state index contributed by atoms with van der Waals surface area (Å²) in [4.78, 5) is 26.1. The Morgan fingerprint density at radius 3 is 2.33 bits per heavy atom. The monoisotopic (exact) mass is 377 g/mol. The molecule has 1 fully saturated rings. The summed E-state index contributed by atoms with van der Waals surface area (Å²) in [6.45, 7) is 1.69. The number of benzene rings is 2. The number of piperazine rings is 1. The van der Waals surface area contributed by atoms with Crippen molar-refractivity contribution >= 4 is 17.3 Å². The zero-order valence-electron chi connectivity index (χ0n) is 14.3. The Bertz CT molecular complexity index is 837. The van der Waals surface area contributed by atoms with Gasteiger partial charge in [0.05, 0.1) is 4.92 Å². The first-order chi connectivity index (χ1) is 12.9. The van der Waals surface area contributed by atoms with Crippen LogP contribution in [-0.2, 0) is 4.79 Å². The lowest BCUT2D eigenvalue weighted by Crippen LogP contribution is -2.50. The van der Waals surface area contributed by atoms with Gasteiger partial charge in [0.1, 0.15) is 5.82 Å². The van der Waals surface area contributed by atoms with Gasteiger partial charge >= 0.3 is 0 Å². The highest BCUT2D eigenvalue weighted by atomic mass is 19.1. The Morgan fingerprint density at radius 2 is 1.74 bits per heavy atom. The molecule has 1 heterocycles. The highest BCUT2D eigenvalue weighted by Crippen LogP contribution is 2.21. The van der Waals surface area contributed by atoms with Gasteiger partial charge in [0.2, 0.25) is 0 Å². The van der Waals surface area contributed by atoms with Gasteiger partial charge in [0, 0.05) is 50.1 Å². The van der Waals surface area contributed by atoms with E-state index in [1.165, 1.54) is 12.1 Å². The summed E-state index contributed by atoms with van der Waals surface area (Å²) in [5, 5.41) is 10.7. The predicted molar refractivity (Wildman–Crippen MR) is 93.7 cm³/mol. The van der Waals surface area contributed by atoms with Gasteiger partial charge in [-0.1, -0.05) is 0 Å². The molecule has 1 saturated heterocycles. The van der Waals surface area contributed by atoms with Crippen molar-refractivity contribution in [3.05, 3.63) is 64.2 Å². The highest BCUT2D eigenvalue weighted by Gasteiger charge is 2.22. The van der Waals surface area contributed by atoms with Gasteiger partial charge in [-0.3, -0.25) is 14.9 Å². The molecular formula is C18H17F2N3O4. The van der Waals surface area contributed by atoms with Gasteiger partial charge in [-0.25, -0.2) is 8.78 Å². The van der Waals surface area contributed by atoms with E-state index in [2.05, 4.69) is 0 Å². The van der Waals surface area contributed by atoms with Crippen LogP contribution in [0.15, 0.2) is 42.5 Å². The maximum atomic E-state index is 13.5. The van der Waals surface area contributed by atoms with E-state index in [1.54, 1.807) is 17.0 Å². The molecule has 0 spiro atoms. The quantitative estimate of drug-likeness (QED) is 0.591. The Labute approximate surface area is 153 Å². The number of nitro groups is 1. The molecule has 9 heteroatoms. The lowest BCUT2D eigenvalue weighted by Gasteiger charge is -2.36. The standard InChI is InChI=1S/C18H17F2N3O4/c19-13-1-6-17(16(20)11-13)27-12-18(24)22-9-7-21(8-10-22)14-2-4-15(5-3-14)23(25)26/h1-6,11H,7-10,12H2. The Morgan fingerprint density at radius 1 is 1.07 bits per heavy atom. The number of anilines is 1. The molecule has 7 nitrogen and oxygen atoms in total. The van der Waals surface area contributed by atoms with Crippen LogP contribution in [0.2, 0.25) is 0 Å². The predicted octanol–water partition coefficient (Wildman–Crippen LogP) is 2.60. The number of carbonyl (C=O) groups excluding carboxylic acids is 1. The minimum atomic E-state index is -0.856. The van der Waals surface area contributed by atoms with Gasteiger partial charge in [-0.2, -0.15) is 0 Å². The molecule has 142 valence electrons. The number of hydrogen-bond donors (Lipinski definition) is 0. The normalized spacial score (nSPS) is 14.1. The Balaban J connectivity index is 1.51. The van der Waals surface area contributed by atoms with Crippen LogP contribution in [0.3, 0.4) is 0 Å². The van der Waals surface area contributed by atoms with Crippen molar-refractivity contribution < 1.29 is 23.2 Å². The third-order valence-corrected chi connectivity index (χ3v) is 4.30. The molecule has 0 aromatic heterocycles. The first kappa shape index (κ1) is 18.6. The fourth-order valence-corrected chi connectivity index (χ4v) is 2.82. The third-order valence-electron chi connectivity index (χ3n) is 4.30. The maximum absolute atomic E-state index is 13.5. The minimum absolute atomic E-state index is 0.0257. The van der Waals surface area contributed by atoms with E-state index in [0.717, 1.165) is 17.8 Å². The van der Waals surface area contributed by atoms with Crippen LogP contribution in [0, 0.1) is 21.7 Å². The number of amides is 1. The molecule has 0 saturated carbocycles. The van der Waals surface area contributed by atoms with E-state index >= 15 is 0 Å². The van der Waals surface area contributed by atoms with Crippen molar-refractivity contribution in [2.45, 2.75) is 0 Å². The average Bonchev–Trinajstić information content (AvgIpc) is 2.67. The Hall–Kier alpha value is -3.23. The van der Waals surface area contributed by atoms with Crippen molar-refractivity contribution in [3.63, 3.8) is 0 Å². The molecule has 1 amide bonds. The molecule has 27 heavy (non-hydrogen) atoms. The summed E-state index contributed by atoms with van der Waals surface area (Å²) in [5.74, 6) is -2.03. The van der Waals surface area contributed by atoms with Gasteiger partial charge < -0.3 is 14.5 Å². The molecule has 2 aromatic rings. The molecule has 1 aliphatic rings. The number of ether oxygens (including phenoxy) is 1. The molecule has 0 bridgehead atoms. The SMILES string of the molecule is O=C(COc1ccc(F)cc1F)N1CCN(c2ccc([N+](=O)[O-])cc2)CC1. The van der Waals surface area contributed by atoms with Crippen molar-refractivity contribution in [1.29, 1.82) is 0 Å². The smallest absolute Gasteiger partial charge is 0.269 e. The number of nitro benzene ring substituents is 1. The van der Waals surface area contributed by atoms with E-state index in [4.69, 9.17) is 4.74 Å². The van der Waals surface area contributed by atoms with E-state index < -0.39 is 16.6 Å². The van der Waals surface area contributed by atoms with E-state index in [1.807, 2.05) is 4.90 Å². The Kier molecular flexibility index (Phi) is 5.49. The van der Waals surface area contributed by atoms with Crippen LogP contribution in [0.25, 0.3) is 0 Å². The zero-order chi connectivity index (χ0) is 19.4. The first-order valence-corrected chi connectivity index (χ1v) is 8.29. The summed E-state index contributed by atoms with van der Waals surface area (Å²) in [5.41, 5.74) is 0.870. The molecule has 0 radical (unpaired) electrons. The molecular weight excluding hydrogens is 360 g/mol. The maximum Gasteiger partial charge on any atom is 0.269 e. The van der Waals surface area contributed by atoms with Crippen LogP contribution < -0.4 is 9.64 Å². The first-order valence-electron chi connectivity index (χ1n) is 8.29. The molecule has 0 N–H and O–H groups in total. The summed E-state index contributed by atoms with van der Waals surface area (Å²) in [6, 6.07) is 9.14. The van der Waals surface area contributed by atoms with Crippen LogP contribution in [0.1, 0.15) is 0 Å². The number of halogens is 2. The van der Waals surface area contributed by atoms with Crippen LogP contribution in [-0.4, -0.2) is 48.5 Å². The fourth-order valence-electron chi connectivity index (χ4n) is 2.82. The van der Waals surface area contributed by atoms with Gasteiger partial charge in [-0.05, 0) is 24.3 Å². The second-order valence-electron chi connectivity index (χ2n) is 6.00. The average molecular weight is 377 g/mol. The van der Waals surface area contributed by atoms with Gasteiger partial charge in [0.25, 0.3) is 11.6 Å². The fraction of sp³-hybridized carbons (Fsp3) is 0.278. The summed E-state index contributed by atoms with van der Waals surface area (Å²) in [7, 11) is 0. The van der Waals surface area contributed by atoms with Crippen LogP contribution >= 0.6 is 0 Å². The summed E-state index contributed by atoms with van der Waals surface area (Å²) in [6.07, 6.45) is 0. The lowest BCUT2D eigenvalue weighted by molar-refractivity contribution is -0.384. The topological polar surface area (TPSA) is 75.9 Å². The van der Waals surface area contributed by atoms with E-state index in [0.29, 0.717) is 32.2 Å². The number of hydrogen-bond acceptors (Lipinski definition) is 5. The molecule has 3 rings (SSSR count). The second-order valence-corrected chi connectivity index (χ2v) is 6.00. The number of carbonyl (C=O) groups is 1. The molecule has 0 atom stereocenters.